The molecule has 1 aromatic carbocycles. The summed E-state index contributed by atoms with van der Waals surface area (Å²) in [5.41, 5.74) is 6.05. The van der Waals surface area contributed by atoms with Crippen LogP contribution < -0.4 is 0 Å². The minimum atomic E-state index is 0.0581. The van der Waals surface area contributed by atoms with Crippen molar-refractivity contribution in [3.8, 4) is 16.9 Å². The molecule has 31 heavy (non-hydrogen) atoms. The monoisotopic (exact) mass is 412 g/mol. The lowest BCUT2D eigenvalue weighted by molar-refractivity contribution is -0.128. The normalized spacial score (nSPS) is 16.3. The van der Waals surface area contributed by atoms with Crippen LogP contribution in [0.1, 0.15) is 35.1 Å². The van der Waals surface area contributed by atoms with Gasteiger partial charge in [-0.15, -0.1) is 0 Å². The molecule has 1 aliphatic heterocycles. The minimum absolute atomic E-state index is 0.0581. The van der Waals surface area contributed by atoms with Crippen molar-refractivity contribution in [1.29, 1.82) is 0 Å². The SMILES string of the molecule is Cc1nn(-c2ccccc2)c(C)c1-c1cnc(C2CC(=O)N(Cc3cccnc3)C2)[nH]1. The van der Waals surface area contributed by atoms with Gasteiger partial charge in [-0.05, 0) is 37.6 Å². The summed E-state index contributed by atoms with van der Waals surface area (Å²) in [7, 11) is 0. The van der Waals surface area contributed by atoms with Gasteiger partial charge in [-0.1, -0.05) is 24.3 Å². The van der Waals surface area contributed by atoms with Crippen LogP contribution in [0.2, 0.25) is 0 Å². The van der Waals surface area contributed by atoms with Gasteiger partial charge in [0, 0.05) is 43.4 Å². The Balaban J connectivity index is 1.38. The molecule has 1 saturated heterocycles. The molecular weight excluding hydrogens is 388 g/mol. The Labute approximate surface area is 180 Å². The highest BCUT2D eigenvalue weighted by Gasteiger charge is 2.32. The van der Waals surface area contributed by atoms with Gasteiger partial charge in [0.25, 0.3) is 0 Å². The molecule has 4 aromatic rings. The van der Waals surface area contributed by atoms with Gasteiger partial charge in [-0.25, -0.2) is 9.67 Å². The zero-order valence-corrected chi connectivity index (χ0v) is 17.6. The zero-order chi connectivity index (χ0) is 21.4. The Hall–Kier alpha value is -3.74. The van der Waals surface area contributed by atoms with E-state index in [0.29, 0.717) is 19.5 Å². The summed E-state index contributed by atoms with van der Waals surface area (Å²) in [5, 5.41) is 4.74. The maximum atomic E-state index is 12.6. The van der Waals surface area contributed by atoms with Gasteiger partial charge in [0.05, 0.1) is 29.0 Å². The molecule has 0 radical (unpaired) electrons. The molecule has 1 fully saturated rings. The molecule has 1 N–H and O–H groups in total. The Morgan fingerprint density at radius 3 is 2.71 bits per heavy atom. The van der Waals surface area contributed by atoms with Crippen LogP contribution in [0.15, 0.2) is 61.1 Å². The summed E-state index contributed by atoms with van der Waals surface area (Å²) in [6.07, 6.45) is 5.87. The number of likely N-dealkylation sites (tertiary alicyclic amines) is 1. The molecule has 1 unspecified atom stereocenters. The molecule has 156 valence electrons. The average Bonchev–Trinajstić information content (AvgIpc) is 3.47. The molecule has 7 heteroatoms. The summed E-state index contributed by atoms with van der Waals surface area (Å²) in [5.74, 6) is 1.06. The van der Waals surface area contributed by atoms with Gasteiger partial charge < -0.3 is 9.88 Å². The third-order valence-corrected chi connectivity index (χ3v) is 5.85. The molecule has 1 amide bonds. The lowest BCUT2D eigenvalue weighted by atomic mass is 10.1. The van der Waals surface area contributed by atoms with E-state index in [1.807, 2.05) is 71.4 Å². The third kappa shape index (κ3) is 3.63. The van der Waals surface area contributed by atoms with E-state index in [4.69, 9.17) is 5.10 Å². The minimum Gasteiger partial charge on any atom is -0.342 e. The second-order valence-electron chi connectivity index (χ2n) is 8.01. The number of hydrogen-bond donors (Lipinski definition) is 1. The standard InChI is InChI=1S/C24H24N6O/c1-16-23(17(2)30(28-16)20-8-4-3-5-9-20)21-13-26-24(27-21)19-11-22(31)29(15-19)14-18-7-6-10-25-12-18/h3-10,12-13,19H,11,14-15H2,1-2H3,(H,26,27). The van der Waals surface area contributed by atoms with E-state index in [0.717, 1.165) is 39.7 Å². The number of imidazole rings is 1. The van der Waals surface area contributed by atoms with E-state index < -0.39 is 0 Å². The van der Waals surface area contributed by atoms with Crippen LogP contribution in [0.4, 0.5) is 0 Å². The molecular formula is C24H24N6O. The number of H-pyrrole nitrogens is 1. The van der Waals surface area contributed by atoms with E-state index in [1.165, 1.54) is 0 Å². The number of para-hydroxylation sites is 1. The summed E-state index contributed by atoms with van der Waals surface area (Å²) >= 11 is 0. The van der Waals surface area contributed by atoms with Gasteiger partial charge in [-0.3, -0.25) is 9.78 Å². The molecule has 5 rings (SSSR count). The fourth-order valence-corrected chi connectivity index (χ4v) is 4.34. The number of rotatable bonds is 5. The van der Waals surface area contributed by atoms with Crippen molar-refractivity contribution < 1.29 is 4.79 Å². The molecule has 4 heterocycles. The Bertz CT molecular complexity index is 1210. The lowest BCUT2D eigenvalue weighted by Gasteiger charge is -2.15. The average molecular weight is 412 g/mol. The number of amides is 1. The van der Waals surface area contributed by atoms with Gasteiger partial charge in [-0.2, -0.15) is 5.10 Å². The predicted octanol–water partition coefficient (Wildman–Crippen LogP) is 3.79. The van der Waals surface area contributed by atoms with Crippen molar-refractivity contribution in [3.63, 3.8) is 0 Å². The van der Waals surface area contributed by atoms with Gasteiger partial charge in [0.2, 0.25) is 5.91 Å². The Morgan fingerprint density at radius 1 is 1.10 bits per heavy atom. The van der Waals surface area contributed by atoms with Crippen LogP contribution in [-0.2, 0) is 11.3 Å². The largest absolute Gasteiger partial charge is 0.342 e. The number of aryl methyl sites for hydroxylation is 1. The van der Waals surface area contributed by atoms with Gasteiger partial charge >= 0.3 is 0 Å². The number of aromatic amines is 1. The van der Waals surface area contributed by atoms with Crippen molar-refractivity contribution in [2.24, 2.45) is 0 Å². The molecule has 0 bridgehead atoms. The summed E-state index contributed by atoms with van der Waals surface area (Å²) in [6, 6.07) is 14.0. The van der Waals surface area contributed by atoms with Crippen LogP contribution in [0.5, 0.6) is 0 Å². The van der Waals surface area contributed by atoms with Crippen LogP contribution >= 0.6 is 0 Å². The molecule has 0 aliphatic carbocycles. The highest BCUT2D eigenvalue weighted by atomic mass is 16.2. The number of hydrogen-bond acceptors (Lipinski definition) is 4. The zero-order valence-electron chi connectivity index (χ0n) is 17.6. The molecule has 7 nitrogen and oxygen atoms in total. The van der Waals surface area contributed by atoms with Crippen LogP contribution in [0.3, 0.4) is 0 Å². The first-order valence-corrected chi connectivity index (χ1v) is 10.4. The molecule has 3 aromatic heterocycles. The van der Waals surface area contributed by atoms with Crippen LogP contribution in [0, 0.1) is 13.8 Å². The molecule has 1 atom stereocenters. The first kappa shape index (κ1) is 19.2. The Morgan fingerprint density at radius 2 is 1.94 bits per heavy atom. The number of pyridine rings is 1. The maximum absolute atomic E-state index is 12.6. The van der Waals surface area contributed by atoms with Crippen LogP contribution in [-0.4, -0.2) is 42.1 Å². The second-order valence-corrected chi connectivity index (χ2v) is 8.01. The van der Waals surface area contributed by atoms with E-state index >= 15 is 0 Å². The van der Waals surface area contributed by atoms with Gasteiger partial charge in [0.15, 0.2) is 0 Å². The highest BCUT2D eigenvalue weighted by Crippen LogP contribution is 2.31. The van der Waals surface area contributed by atoms with Crippen molar-refractivity contribution >= 4 is 5.91 Å². The van der Waals surface area contributed by atoms with Crippen molar-refractivity contribution in [3.05, 3.63) is 83.8 Å². The summed E-state index contributed by atoms with van der Waals surface area (Å²) < 4.78 is 1.96. The van der Waals surface area contributed by atoms with E-state index in [9.17, 15) is 4.79 Å². The summed E-state index contributed by atoms with van der Waals surface area (Å²) in [6.45, 7) is 5.31. The highest BCUT2D eigenvalue weighted by molar-refractivity contribution is 5.79. The number of carbonyl (C=O) groups is 1. The first-order valence-electron chi connectivity index (χ1n) is 10.4. The topological polar surface area (TPSA) is 79.7 Å². The number of aromatic nitrogens is 5. The first-order chi connectivity index (χ1) is 15.1. The summed E-state index contributed by atoms with van der Waals surface area (Å²) in [4.78, 5) is 26.7. The van der Waals surface area contributed by atoms with Crippen molar-refractivity contribution in [2.45, 2.75) is 32.7 Å². The fourth-order valence-electron chi connectivity index (χ4n) is 4.34. The second kappa shape index (κ2) is 7.83. The maximum Gasteiger partial charge on any atom is 0.223 e. The van der Waals surface area contributed by atoms with Gasteiger partial charge in [0.1, 0.15) is 5.82 Å². The number of carbonyl (C=O) groups excluding carboxylic acids is 1. The van der Waals surface area contributed by atoms with Crippen molar-refractivity contribution in [1.82, 2.24) is 29.6 Å². The van der Waals surface area contributed by atoms with E-state index in [1.54, 1.807) is 6.20 Å². The fraction of sp³-hybridized carbons (Fsp3) is 0.250. The molecule has 1 aliphatic rings. The Kier molecular flexibility index (Phi) is 4.86. The number of benzene rings is 1. The smallest absolute Gasteiger partial charge is 0.223 e. The third-order valence-electron chi connectivity index (χ3n) is 5.85. The van der Waals surface area contributed by atoms with Crippen LogP contribution in [0.25, 0.3) is 16.9 Å². The predicted molar refractivity (Wildman–Crippen MR) is 118 cm³/mol. The van der Waals surface area contributed by atoms with E-state index in [-0.39, 0.29) is 11.8 Å². The molecule has 0 saturated carbocycles. The number of nitrogens with one attached hydrogen (secondary N) is 1. The van der Waals surface area contributed by atoms with E-state index in [2.05, 4.69) is 21.9 Å². The molecule has 0 spiro atoms. The van der Waals surface area contributed by atoms with Crippen molar-refractivity contribution in [2.75, 3.05) is 6.54 Å². The lowest BCUT2D eigenvalue weighted by Crippen LogP contribution is -2.24. The quantitative estimate of drug-likeness (QED) is 0.541. The number of nitrogens with zero attached hydrogens (tertiary/aromatic N) is 5.